The fourth-order valence-corrected chi connectivity index (χ4v) is 0.476. The largest absolute Gasteiger partial charge is 0.212 e. The van der Waals surface area contributed by atoms with Crippen LogP contribution in [0.15, 0.2) is 35.7 Å². The summed E-state index contributed by atoms with van der Waals surface area (Å²) in [6, 6.07) is 0. The van der Waals surface area contributed by atoms with Crippen molar-refractivity contribution < 1.29 is 4.39 Å². The van der Waals surface area contributed by atoms with Gasteiger partial charge in [-0.25, -0.2) is 4.39 Å². The van der Waals surface area contributed by atoms with Gasteiger partial charge < -0.3 is 0 Å². The Morgan fingerprint density at radius 1 is 1.36 bits per heavy atom. The van der Waals surface area contributed by atoms with Gasteiger partial charge in [-0.15, -0.1) is 0 Å². The molecule has 0 saturated heterocycles. The Labute approximate surface area is 68.1 Å². The van der Waals surface area contributed by atoms with Crippen LogP contribution in [0, 0.1) is 0 Å². The number of allylic oxidation sites excluding steroid dienone is 5. The fourth-order valence-electron chi connectivity index (χ4n) is 0.476. The molecule has 0 nitrogen and oxygen atoms in total. The molecule has 0 N–H and O–H groups in total. The van der Waals surface area contributed by atoms with Crippen LogP contribution in [0.5, 0.6) is 0 Å². The zero-order chi connectivity index (χ0) is 8.85. The highest BCUT2D eigenvalue weighted by Gasteiger charge is 1.88. The maximum absolute atomic E-state index is 12.5. The molecule has 0 rings (SSSR count). The summed E-state index contributed by atoms with van der Waals surface area (Å²) in [7, 11) is 0. The third-order valence-corrected chi connectivity index (χ3v) is 1.53. The van der Waals surface area contributed by atoms with E-state index in [9.17, 15) is 4.39 Å². The second kappa shape index (κ2) is 4.89. The standard InChI is InChI=1S/C10H15F/c1-5-10(11)7-6-9(4)8(2)3/h6-7H,2,5H2,1,3-4H3/b9-6+,10-7+. The molecule has 0 aromatic rings. The molecule has 0 aromatic carbocycles. The lowest BCUT2D eigenvalue weighted by Gasteiger charge is -1.94. The molecule has 0 aliphatic rings. The van der Waals surface area contributed by atoms with Crippen LogP contribution in [0.3, 0.4) is 0 Å². The molecule has 0 saturated carbocycles. The first kappa shape index (κ1) is 10.2. The van der Waals surface area contributed by atoms with Gasteiger partial charge in [-0.1, -0.05) is 25.2 Å². The van der Waals surface area contributed by atoms with Gasteiger partial charge in [0.15, 0.2) is 0 Å². The molecular formula is C10H15F. The Kier molecular flexibility index (Phi) is 4.51. The predicted octanol–water partition coefficient (Wildman–Crippen LogP) is 3.77. The average Bonchev–Trinajstić information content (AvgIpc) is 1.99. The van der Waals surface area contributed by atoms with E-state index in [4.69, 9.17) is 0 Å². The van der Waals surface area contributed by atoms with Gasteiger partial charge in [-0.05, 0) is 31.9 Å². The van der Waals surface area contributed by atoms with Crippen molar-refractivity contribution in [3.05, 3.63) is 35.7 Å². The van der Waals surface area contributed by atoms with E-state index in [0.717, 1.165) is 11.1 Å². The van der Waals surface area contributed by atoms with Gasteiger partial charge in [0.25, 0.3) is 0 Å². The zero-order valence-corrected chi connectivity index (χ0v) is 7.45. The number of halogens is 1. The molecule has 0 spiro atoms. The third-order valence-electron chi connectivity index (χ3n) is 1.53. The first-order valence-corrected chi connectivity index (χ1v) is 3.76. The van der Waals surface area contributed by atoms with Crippen molar-refractivity contribution >= 4 is 0 Å². The van der Waals surface area contributed by atoms with Crippen LogP contribution in [0.1, 0.15) is 27.2 Å². The van der Waals surface area contributed by atoms with Crippen molar-refractivity contribution in [2.75, 3.05) is 0 Å². The van der Waals surface area contributed by atoms with Crippen molar-refractivity contribution in [1.29, 1.82) is 0 Å². The minimum absolute atomic E-state index is 0.0920. The summed E-state index contributed by atoms with van der Waals surface area (Å²) >= 11 is 0. The number of hydrogen-bond acceptors (Lipinski definition) is 0. The van der Waals surface area contributed by atoms with Crippen molar-refractivity contribution in [3.8, 4) is 0 Å². The second-order valence-electron chi connectivity index (χ2n) is 2.60. The van der Waals surface area contributed by atoms with Crippen LogP contribution < -0.4 is 0 Å². The highest BCUT2D eigenvalue weighted by atomic mass is 19.1. The molecule has 0 fully saturated rings. The minimum Gasteiger partial charge on any atom is -0.212 e. The topological polar surface area (TPSA) is 0 Å². The minimum atomic E-state index is -0.0920. The van der Waals surface area contributed by atoms with Gasteiger partial charge in [-0.2, -0.15) is 0 Å². The molecule has 0 aromatic heterocycles. The highest BCUT2D eigenvalue weighted by Crippen LogP contribution is 2.07. The van der Waals surface area contributed by atoms with Gasteiger partial charge in [0.05, 0.1) is 5.83 Å². The summed E-state index contributed by atoms with van der Waals surface area (Å²) in [5.74, 6) is -0.0920. The van der Waals surface area contributed by atoms with E-state index < -0.39 is 0 Å². The molecule has 0 aliphatic heterocycles. The smallest absolute Gasteiger partial charge is 0.0996 e. The summed E-state index contributed by atoms with van der Waals surface area (Å²) in [4.78, 5) is 0. The lowest BCUT2D eigenvalue weighted by molar-refractivity contribution is 0.604. The molecule has 1 heteroatoms. The van der Waals surface area contributed by atoms with Crippen molar-refractivity contribution in [2.45, 2.75) is 27.2 Å². The van der Waals surface area contributed by atoms with Gasteiger partial charge in [-0.3, -0.25) is 0 Å². The second-order valence-corrected chi connectivity index (χ2v) is 2.60. The average molecular weight is 154 g/mol. The maximum atomic E-state index is 12.5. The predicted molar refractivity (Wildman–Crippen MR) is 48.1 cm³/mol. The highest BCUT2D eigenvalue weighted by molar-refractivity contribution is 5.28. The molecule has 0 atom stereocenters. The Balaban J connectivity index is 4.22. The zero-order valence-electron chi connectivity index (χ0n) is 7.45. The van der Waals surface area contributed by atoms with E-state index in [0.29, 0.717) is 6.42 Å². The summed E-state index contributed by atoms with van der Waals surface area (Å²) in [6.07, 6.45) is 3.70. The summed E-state index contributed by atoms with van der Waals surface area (Å²) < 4.78 is 12.5. The lowest BCUT2D eigenvalue weighted by Crippen LogP contribution is -1.75. The Morgan fingerprint density at radius 2 is 1.91 bits per heavy atom. The van der Waals surface area contributed by atoms with Crippen molar-refractivity contribution in [1.82, 2.24) is 0 Å². The van der Waals surface area contributed by atoms with E-state index in [2.05, 4.69) is 6.58 Å². The van der Waals surface area contributed by atoms with Crippen LogP contribution >= 0.6 is 0 Å². The molecule has 62 valence electrons. The quantitative estimate of drug-likeness (QED) is 0.543. The van der Waals surface area contributed by atoms with Crippen molar-refractivity contribution in [2.24, 2.45) is 0 Å². The van der Waals surface area contributed by atoms with E-state index in [1.54, 1.807) is 13.0 Å². The number of rotatable bonds is 3. The summed E-state index contributed by atoms with van der Waals surface area (Å²) in [6.45, 7) is 9.35. The monoisotopic (exact) mass is 154 g/mol. The molecule has 0 bridgehead atoms. The molecule has 0 heterocycles. The van der Waals surface area contributed by atoms with Crippen molar-refractivity contribution in [3.63, 3.8) is 0 Å². The van der Waals surface area contributed by atoms with Crippen LogP contribution in [-0.4, -0.2) is 0 Å². The van der Waals surface area contributed by atoms with Crippen LogP contribution in [0.2, 0.25) is 0 Å². The van der Waals surface area contributed by atoms with Gasteiger partial charge in [0, 0.05) is 0 Å². The van der Waals surface area contributed by atoms with Crippen LogP contribution in [0.4, 0.5) is 4.39 Å². The molecule has 11 heavy (non-hydrogen) atoms. The molecular weight excluding hydrogens is 139 g/mol. The normalized spacial score (nSPS) is 13.5. The molecule has 0 radical (unpaired) electrons. The van der Waals surface area contributed by atoms with Crippen LogP contribution in [-0.2, 0) is 0 Å². The Hall–Kier alpha value is -0.850. The first-order valence-electron chi connectivity index (χ1n) is 3.76. The fraction of sp³-hybridized carbons (Fsp3) is 0.400. The Morgan fingerprint density at radius 3 is 2.27 bits per heavy atom. The van der Waals surface area contributed by atoms with Gasteiger partial charge in [0.2, 0.25) is 0 Å². The summed E-state index contributed by atoms with van der Waals surface area (Å²) in [5.41, 5.74) is 2.00. The maximum Gasteiger partial charge on any atom is 0.0996 e. The van der Waals surface area contributed by atoms with E-state index in [1.165, 1.54) is 6.08 Å². The molecule has 0 aliphatic carbocycles. The Bertz CT molecular complexity index is 197. The van der Waals surface area contributed by atoms with Crippen LogP contribution in [0.25, 0.3) is 0 Å². The third kappa shape index (κ3) is 4.54. The van der Waals surface area contributed by atoms with Gasteiger partial charge in [0.1, 0.15) is 0 Å². The molecule has 0 amide bonds. The summed E-state index contributed by atoms with van der Waals surface area (Å²) in [5, 5.41) is 0. The van der Waals surface area contributed by atoms with Gasteiger partial charge >= 0.3 is 0 Å². The van der Waals surface area contributed by atoms with E-state index in [-0.39, 0.29) is 5.83 Å². The lowest BCUT2D eigenvalue weighted by atomic mass is 10.1. The first-order chi connectivity index (χ1) is 5.07. The SMILES string of the molecule is C=C(C)/C(C)=C/C=C(/F)CC. The van der Waals surface area contributed by atoms with E-state index in [1.807, 2.05) is 13.8 Å². The molecule has 0 unspecified atom stereocenters. The number of hydrogen-bond donors (Lipinski definition) is 0. The van der Waals surface area contributed by atoms with E-state index >= 15 is 0 Å².